The van der Waals surface area contributed by atoms with Crippen molar-refractivity contribution in [3.8, 4) is 0 Å². The first-order valence-corrected chi connectivity index (χ1v) is 9.01. The Kier molecular flexibility index (Phi) is 5.35. The summed E-state index contributed by atoms with van der Waals surface area (Å²) in [5.74, 6) is -1.58. The van der Waals surface area contributed by atoms with Gasteiger partial charge in [-0.1, -0.05) is 31.9 Å². The van der Waals surface area contributed by atoms with Gasteiger partial charge in [0.05, 0.1) is 29.2 Å². The molecule has 1 aliphatic heterocycles. The summed E-state index contributed by atoms with van der Waals surface area (Å²) in [4.78, 5) is 43.0. The number of amides is 1. The molecule has 0 unspecified atom stereocenters. The highest BCUT2D eigenvalue weighted by atomic mass is 16.4. The van der Waals surface area contributed by atoms with Crippen molar-refractivity contribution in [3.63, 3.8) is 0 Å². The van der Waals surface area contributed by atoms with E-state index in [0.717, 1.165) is 12.8 Å². The van der Waals surface area contributed by atoms with Crippen LogP contribution in [0, 0.1) is 0 Å². The van der Waals surface area contributed by atoms with Crippen LogP contribution < -0.4 is 10.7 Å². The number of fused-ring (bicyclic) bond motifs is 1. The average Bonchev–Trinajstić information content (AvgIpc) is 3.13. The summed E-state index contributed by atoms with van der Waals surface area (Å²) in [7, 11) is 0. The Labute approximate surface area is 151 Å². The molecule has 0 saturated carbocycles. The number of hydrogen-bond donors (Lipinski definition) is 0. The summed E-state index contributed by atoms with van der Waals surface area (Å²) >= 11 is 0. The highest BCUT2D eigenvalue weighted by Gasteiger charge is 2.34. The lowest BCUT2D eigenvalue weighted by molar-refractivity contribution is -0.310. The number of carboxylic acid groups (broad SMARTS) is 1. The smallest absolute Gasteiger partial charge is 0.261 e. The number of carbonyl (C=O) groups excluding carboxylic acids is 2. The Morgan fingerprint density at radius 3 is 2.85 bits per heavy atom. The number of nitrogens with zero attached hydrogens (tertiary/aromatic N) is 3. The monoisotopic (exact) mass is 356 g/mol. The van der Waals surface area contributed by atoms with E-state index in [9.17, 15) is 19.5 Å². The van der Waals surface area contributed by atoms with Crippen LogP contribution in [0.2, 0.25) is 0 Å². The highest BCUT2D eigenvalue weighted by molar-refractivity contribution is 5.86. The fraction of sp³-hybridized carbons (Fsp3) is 0.474. The second kappa shape index (κ2) is 7.68. The number of likely N-dealkylation sites (tertiary alicyclic amines) is 1. The predicted molar refractivity (Wildman–Crippen MR) is 94.3 cm³/mol. The molecule has 1 fully saturated rings. The first-order chi connectivity index (χ1) is 12.5. The first kappa shape index (κ1) is 18.1. The second-order valence-corrected chi connectivity index (χ2v) is 6.64. The molecule has 1 aromatic carbocycles. The summed E-state index contributed by atoms with van der Waals surface area (Å²) in [5.41, 5.74) is 0.290. The molecule has 7 heteroatoms. The fourth-order valence-electron chi connectivity index (χ4n) is 3.55. The molecule has 138 valence electrons. The lowest BCUT2D eigenvalue weighted by atomic mass is 10.1. The minimum absolute atomic E-state index is 0.283. The molecule has 0 aliphatic carbocycles. The van der Waals surface area contributed by atoms with E-state index in [1.54, 1.807) is 24.3 Å². The summed E-state index contributed by atoms with van der Waals surface area (Å²) in [6, 6.07) is 5.31. The second-order valence-electron chi connectivity index (χ2n) is 6.64. The first-order valence-electron chi connectivity index (χ1n) is 9.01. The molecule has 1 amide bonds. The largest absolute Gasteiger partial charge is 0.548 e. The number of carboxylic acids is 1. The van der Waals surface area contributed by atoms with Crippen molar-refractivity contribution in [2.45, 2.75) is 51.1 Å². The molecular weight excluding hydrogens is 334 g/mol. The fourth-order valence-corrected chi connectivity index (χ4v) is 3.55. The lowest BCUT2D eigenvalue weighted by Gasteiger charge is -2.30. The van der Waals surface area contributed by atoms with E-state index in [2.05, 4.69) is 4.98 Å². The van der Waals surface area contributed by atoms with E-state index in [1.807, 2.05) is 6.92 Å². The zero-order valence-electron chi connectivity index (χ0n) is 14.8. The number of rotatable bonds is 6. The number of benzene rings is 1. The van der Waals surface area contributed by atoms with Crippen LogP contribution in [0.25, 0.3) is 10.9 Å². The molecule has 0 spiro atoms. The summed E-state index contributed by atoms with van der Waals surface area (Å²) < 4.78 is 1.35. The van der Waals surface area contributed by atoms with Crippen molar-refractivity contribution in [2.75, 3.05) is 6.54 Å². The van der Waals surface area contributed by atoms with Crippen LogP contribution >= 0.6 is 0 Å². The van der Waals surface area contributed by atoms with Crippen LogP contribution in [0.5, 0.6) is 0 Å². The van der Waals surface area contributed by atoms with Crippen molar-refractivity contribution in [1.29, 1.82) is 0 Å². The zero-order valence-corrected chi connectivity index (χ0v) is 14.8. The molecule has 0 bridgehead atoms. The quantitative estimate of drug-likeness (QED) is 0.765. The van der Waals surface area contributed by atoms with E-state index in [-0.39, 0.29) is 11.5 Å². The van der Waals surface area contributed by atoms with Gasteiger partial charge in [0.2, 0.25) is 5.91 Å². The number of aromatic nitrogens is 2. The van der Waals surface area contributed by atoms with Crippen LogP contribution in [0.4, 0.5) is 0 Å². The van der Waals surface area contributed by atoms with E-state index in [4.69, 9.17) is 0 Å². The molecule has 3 rings (SSSR count). The van der Waals surface area contributed by atoms with Crippen molar-refractivity contribution in [1.82, 2.24) is 14.5 Å². The molecule has 2 atom stereocenters. The van der Waals surface area contributed by atoms with E-state index < -0.39 is 18.1 Å². The SMILES string of the molecule is CCCC[C@@H](C(=O)N1CCC[C@@H]1C(=O)[O-])n1cnc2ccccc2c1=O. The van der Waals surface area contributed by atoms with Gasteiger partial charge in [0.15, 0.2) is 0 Å². The molecule has 7 nitrogen and oxygen atoms in total. The third kappa shape index (κ3) is 3.34. The Balaban J connectivity index is 2.01. The number of unbranched alkanes of at least 4 members (excludes halogenated alkanes) is 1. The maximum Gasteiger partial charge on any atom is 0.261 e. The maximum absolute atomic E-state index is 13.1. The van der Waals surface area contributed by atoms with Crippen molar-refractivity contribution in [2.24, 2.45) is 0 Å². The minimum atomic E-state index is -1.24. The highest BCUT2D eigenvalue weighted by Crippen LogP contribution is 2.24. The number of hydrogen-bond acceptors (Lipinski definition) is 5. The van der Waals surface area contributed by atoms with Gasteiger partial charge in [-0.2, -0.15) is 0 Å². The molecule has 2 heterocycles. The van der Waals surface area contributed by atoms with E-state index in [0.29, 0.717) is 36.7 Å². The Hall–Kier alpha value is -2.70. The predicted octanol–water partition coefficient (Wildman–Crippen LogP) is 0.869. The number of carbonyl (C=O) groups is 2. The van der Waals surface area contributed by atoms with Gasteiger partial charge in [0.25, 0.3) is 5.56 Å². The molecule has 0 radical (unpaired) electrons. The Morgan fingerprint density at radius 1 is 1.35 bits per heavy atom. The summed E-state index contributed by atoms with van der Waals surface area (Å²) in [6.45, 7) is 2.37. The van der Waals surface area contributed by atoms with Crippen LogP contribution in [0.3, 0.4) is 0 Å². The normalized spacial score (nSPS) is 18.2. The Morgan fingerprint density at radius 2 is 2.12 bits per heavy atom. The van der Waals surface area contributed by atoms with Crippen molar-refractivity contribution < 1.29 is 14.7 Å². The number of para-hydroxylation sites is 1. The van der Waals surface area contributed by atoms with Gasteiger partial charge in [-0.05, 0) is 31.4 Å². The Bertz CT molecular complexity index is 876. The van der Waals surface area contributed by atoms with Crippen LogP contribution in [-0.2, 0) is 9.59 Å². The lowest BCUT2D eigenvalue weighted by Crippen LogP contribution is -2.49. The summed E-state index contributed by atoms with van der Waals surface area (Å²) in [6.07, 6.45) is 4.48. The molecule has 0 N–H and O–H groups in total. The molecule has 1 saturated heterocycles. The van der Waals surface area contributed by atoms with Gasteiger partial charge in [-0.3, -0.25) is 14.2 Å². The average molecular weight is 356 g/mol. The minimum Gasteiger partial charge on any atom is -0.548 e. The van der Waals surface area contributed by atoms with E-state index in [1.165, 1.54) is 15.8 Å². The molecule has 1 aliphatic rings. The number of aliphatic carboxylic acids is 1. The van der Waals surface area contributed by atoms with Gasteiger partial charge < -0.3 is 14.8 Å². The molecule has 1 aromatic heterocycles. The van der Waals surface area contributed by atoms with Crippen LogP contribution in [0.15, 0.2) is 35.4 Å². The van der Waals surface area contributed by atoms with Gasteiger partial charge in [-0.25, -0.2) is 4.98 Å². The molecule has 26 heavy (non-hydrogen) atoms. The van der Waals surface area contributed by atoms with Gasteiger partial charge in [0.1, 0.15) is 6.04 Å². The molecule has 2 aromatic rings. The van der Waals surface area contributed by atoms with E-state index >= 15 is 0 Å². The van der Waals surface area contributed by atoms with Gasteiger partial charge >= 0.3 is 0 Å². The van der Waals surface area contributed by atoms with Crippen LogP contribution in [0.1, 0.15) is 45.1 Å². The van der Waals surface area contributed by atoms with Crippen molar-refractivity contribution >= 4 is 22.8 Å². The standard InChI is InChI=1S/C19H23N3O4/c1-2-3-9-15(18(24)21-11-6-10-16(21)19(25)26)22-12-20-14-8-5-4-7-13(14)17(22)23/h4-5,7-8,12,15-16H,2-3,6,9-11H2,1H3,(H,25,26)/p-1/t15-,16+/m0/s1. The third-order valence-corrected chi connectivity index (χ3v) is 4.95. The topological polar surface area (TPSA) is 95.3 Å². The zero-order chi connectivity index (χ0) is 18.7. The van der Waals surface area contributed by atoms with Gasteiger partial charge in [-0.15, -0.1) is 0 Å². The van der Waals surface area contributed by atoms with Crippen LogP contribution in [-0.4, -0.2) is 38.9 Å². The third-order valence-electron chi connectivity index (χ3n) is 4.95. The van der Waals surface area contributed by atoms with Crippen molar-refractivity contribution in [3.05, 3.63) is 40.9 Å². The maximum atomic E-state index is 13.1. The summed E-state index contributed by atoms with van der Waals surface area (Å²) in [5, 5.41) is 11.8. The van der Waals surface area contributed by atoms with Gasteiger partial charge in [0, 0.05) is 6.54 Å². The molecular formula is C19H22N3O4-.